The highest BCUT2D eigenvalue weighted by molar-refractivity contribution is 6.05. The van der Waals surface area contributed by atoms with E-state index in [-0.39, 0.29) is 30.1 Å². The van der Waals surface area contributed by atoms with Crippen LogP contribution in [0.15, 0.2) is 54.9 Å². The van der Waals surface area contributed by atoms with Crippen molar-refractivity contribution < 1.29 is 14.3 Å². The number of hydrogen-bond donors (Lipinski definition) is 2. The normalized spacial score (nSPS) is 25.0. The van der Waals surface area contributed by atoms with Crippen LogP contribution in [0.4, 0.5) is 4.79 Å². The quantitative estimate of drug-likeness (QED) is 0.632. The molecule has 1 atom stereocenters. The van der Waals surface area contributed by atoms with E-state index in [2.05, 4.69) is 27.4 Å². The zero-order chi connectivity index (χ0) is 22.3. The molecule has 0 spiro atoms. The van der Waals surface area contributed by atoms with Crippen LogP contribution < -0.4 is 5.32 Å². The molecule has 5 rings (SSSR count). The summed E-state index contributed by atoms with van der Waals surface area (Å²) < 4.78 is 5.77. The van der Waals surface area contributed by atoms with Gasteiger partial charge in [0, 0.05) is 29.9 Å². The molecule has 7 nitrogen and oxygen atoms in total. The predicted octanol–water partition coefficient (Wildman–Crippen LogP) is 4.58. The fourth-order valence-electron chi connectivity index (χ4n) is 5.25. The number of hydrogen-bond acceptors (Lipinski definition) is 4. The molecule has 1 unspecified atom stereocenters. The number of rotatable bonds is 4. The third kappa shape index (κ3) is 3.61. The average Bonchev–Trinajstić information content (AvgIpc) is 3.35. The van der Waals surface area contributed by atoms with Gasteiger partial charge in [-0.1, -0.05) is 30.3 Å². The van der Waals surface area contributed by atoms with Crippen molar-refractivity contribution in [3.63, 3.8) is 0 Å². The first kappa shape index (κ1) is 20.5. The van der Waals surface area contributed by atoms with E-state index in [1.54, 1.807) is 18.5 Å². The van der Waals surface area contributed by atoms with E-state index in [1.807, 2.05) is 43.0 Å². The Morgan fingerprint density at radius 1 is 1.12 bits per heavy atom. The van der Waals surface area contributed by atoms with Crippen LogP contribution in [0.1, 0.15) is 61.5 Å². The maximum absolute atomic E-state index is 12.9. The summed E-state index contributed by atoms with van der Waals surface area (Å²) in [6, 6.07) is 13.8. The Labute approximate surface area is 187 Å². The number of benzene rings is 1. The fourth-order valence-corrected chi connectivity index (χ4v) is 5.25. The zero-order valence-electron chi connectivity index (χ0n) is 18.4. The van der Waals surface area contributed by atoms with Crippen molar-refractivity contribution in [2.24, 2.45) is 0 Å². The summed E-state index contributed by atoms with van der Waals surface area (Å²) >= 11 is 0. The van der Waals surface area contributed by atoms with Gasteiger partial charge >= 0.3 is 6.09 Å². The molecule has 2 aliphatic rings. The molecule has 166 valence electrons. The lowest BCUT2D eigenvalue weighted by atomic mass is 9.86. The molecule has 2 N–H and O–H groups in total. The summed E-state index contributed by atoms with van der Waals surface area (Å²) in [5.41, 5.74) is 1.84. The van der Waals surface area contributed by atoms with Gasteiger partial charge in [0.15, 0.2) is 0 Å². The lowest BCUT2D eigenvalue weighted by molar-refractivity contribution is 0.0663. The van der Waals surface area contributed by atoms with Gasteiger partial charge in [0.25, 0.3) is 5.91 Å². The number of pyridine rings is 1. The van der Waals surface area contributed by atoms with Gasteiger partial charge in [-0.05, 0) is 57.2 Å². The Morgan fingerprint density at radius 2 is 1.88 bits per heavy atom. The number of nitrogens with zero attached hydrogens (tertiary/aromatic N) is 2. The number of cyclic esters (lactones) is 1. The molecule has 32 heavy (non-hydrogen) atoms. The van der Waals surface area contributed by atoms with Crippen molar-refractivity contribution in [2.45, 2.75) is 63.3 Å². The van der Waals surface area contributed by atoms with Crippen LogP contribution in [0.3, 0.4) is 0 Å². The number of ether oxygens (including phenoxy) is 1. The number of fused-ring (bicyclic) bond motifs is 1. The first-order valence-electron chi connectivity index (χ1n) is 11.2. The van der Waals surface area contributed by atoms with E-state index >= 15 is 0 Å². The second-order valence-corrected chi connectivity index (χ2v) is 9.27. The van der Waals surface area contributed by atoms with E-state index in [9.17, 15) is 9.59 Å². The third-order valence-electron chi connectivity index (χ3n) is 6.74. The minimum atomic E-state index is -0.590. The van der Waals surface area contributed by atoms with Crippen LogP contribution >= 0.6 is 0 Å². The van der Waals surface area contributed by atoms with Crippen LogP contribution in [-0.2, 0) is 4.74 Å². The molecule has 0 radical (unpaired) electrons. The highest BCUT2D eigenvalue weighted by Gasteiger charge is 2.51. The van der Waals surface area contributed by atoms with Crippen LogP contribution in [0, 0.1) is 0 Å². The van der Waals surface area contributed by atoms with Crippen molar-refractivity contribution in [2.75, 3.05) is 0 Å². The Balaban J connectivity index is 1.27. The molecule has 0 bridgehead atoms. The molecular formula is C25H28N4O3. The van der Waals surface area contributed by atoms with Crippen LogP contribution in [0.2, 0.25) is 0 Å². The number of nitrogens with one attached hydrogen (secondary N) is 2. The maximum Gasteiger partial charge on any atom is 0.411 e. The van der Waals surface area contributed by atoms with E-state index < -0.39 is 5.60 Å². The second kappa shape index (κ2) is 7.97. The summed E-state index contributed by atoms with van der Waals surface area (Å²) in [6.45, 7) is 3.95. The highest BCUT2D eigenvalue weighted by atomic mass is 16.6. The molecule has 1 saturated carbocycles. The lowest BCUT2D eigenvalue weighted by Crippen LogP contribution is -2.46. The van der Waals surface area contributed by atoms with Crippen LogP contribution in [0.25, 0.3) is 11.0 Å². The number of amides is 2. The standard InChI is InChI=1S/C25H28N4O3/c1-25(2)21(16-6-4-3-5-7-16)29(24(31)32-25)18-10-8-17(9-11-18)28-23(30)20-13-15-27-22-19(20)12-14-26-22/h3-7,12-15,17-18,21H,8-11H2,1-2H3,(H,26,27)(H,28,30). The number of aromatic amines is 1. The maximum atomic E-state index is 12.9. The van der Waals surface area contributed by atoms with E-state index in [4.69, 9.17) is 4.74 Å². The summed E-state index contributed by atoms with van der Waals surface area (Å²) in [7, 11) is 0. The molecular weight excluding hydrogens is 404 g/mol. The van der Waals surface area contributed by atoms with E-state index in [1.165, 1.54) is 0 Å². The summed E-state index contributed by atoms with van der Waals surface area (Å²) in [4.78, 5) is 35.0. The second-order valence-electron chi connectivity index (χ2n) is 9.27. The molecule has 1 aliphatic carbocycles. The summed E-state index contributed by atoms with van der Waals surface area (Å²) in [5.74, 6) is -0.0793. The van der Waals surface area contributed by atoms with E-state index in [0.717, 1.165) is 36.6 Å². The molecule has 1 saturated heterocycles. The molecule has 2 fully saturated rings. The van der Waals surface area contributed by atoms with Crippen molar-refractivity contribution in [3.8, 4) is 0 Å². The first-order chi connectivity index (χ1) is 15.4. The Hall–Kier alpha value is -3.35. The summed E-state index contributed by atoms with van der Waals surface area (Å²) in [6.07, 6.45) is 6.50. The third-order valence-corrected chi connectivity index (χ3v) is 6.74. The molecule has 2 aromatic heterocycles. The Morgan fingerprint density at radius 3 is 2.62 bits per heavy atom. The minimum absolute atomic E-state index is 0.0793. The first-order valence-corrected chi connectivity index (χ1v) is 11.2. The minimum Gasteiger partial charge on any atom is -0.441 e. The largest absolute Gasteiger partial charge is 0.441 e. The van der Waals surface area contributed by atoms with Crippen molar-refractivity contribution >= 4 is 23.0 Å². The highest BCUT2D eigenvalue weighted by Crippen LogP contribution is 2.44. The predicted molar refractivity (Wildman–Crippen MR) is 121 cm³/mol. The van der Waals surface area contributed by atoms with Gasteiger partial charge in [0.2, 0.25) is 0 Å². The molecule has 1 aliphatic heterocycles. The van der Waals surface area contributed by atoms with Gasteiger partial charge in [-0.15, -0.1) is 0 Å². The average molecular weight is 433 g/mol. The molecule has 3 heterocycles. The number of aromatic nitrogens is 2. The molecule has 2 amide bonds. The lowest BCUT2D eigenvalue weighted by Gasteiger charge is -2.38. The van der Waals surface area contributed by atoms with Gasteiger partial charge in [0.05, 0.1) is 11.6 Å². The zero-order valence-corrected chi connectivity index (χ0v) is 18.4. The number of carbonyl (C=O) groups is 2. The summed E-state index contributed by atoms with van der Waals surface area (Å²) in [5, 5.41) is 4.01. The van der Waals surface area contributed by atoms with Gasteiger partial charge in [-0.25, -0.2) is 9.78 Å². The monoisotopic (exact) mass is 432 g/mol. The van der Waals surface area contributed by atoms with Crippen LogP contribution in [-0.4, -0.2) is 44.6 Å². The van der Waals surface area contributed by atoms with Gasteiger partial charge in [0.1, 0.15) is 11.2 Å². The van der Waals surface area contributed by atoms with Gasteiger partial charge in [-0.3, -0.25) is 9.69 Å². The fraction of sp³-hybridized carbons (Fsp3) is 0.400. The topological polar surface area (TPSA) is 87.3 Å². The molecule has 7 heteroatoms. The van der Waals surface area contributed by atoms with E-state index in [0.29, 0.717) is 11.2 Å². The van der Waals surface area contributed by atoms with Crippen molar-refractivity contribution in [1.82, 2.24) is 20.2 Å². The van der Waals surface area contributed by atoms with Gasteiger partial charge < -0.3 is 15.0 Å². The smallest absolute Gasteiger partial charge is 0.411 e. The molecule has 1 aromatic carbocycles. The SMILES string of the molecule is CC1(C)OC(=O)N(C2CCC(NC(=O)c3ccnc4[nH]ccc34)CC2)C1c1ccccc1. The molecule has 3 aromatic rings. The van der Waals surface area contributed by atoms with Crippen LogP contribution in [0.5, 0.6) is 0 Å². The number of H-pyrrole nitrogens is 1. The van der Waals surface area contributed by atoms with Crippen molar-refractivity contribution in [3.05, 3.63) is 66.0 Å². The van der Waals surface area contributed by atoms with Gasteiger partial charge in [-0.2, -0.15) is 0 Å². The Kier molecular flexibility index (Phi) is 5.12. The number of carbonyl (C=O) groups excluding carboxylic acids is 2. The Bertz CT molecular complexity index is 1130. The van der Waals surface area contributed by atoms with Crippen molar-refractivity contribution in [1.29, 1.82) is 0 Å².